The van der Waals surface area contributed by atoms with Crippen LogP contribution in [-0.2, 0) is 22.4 Å². The van der Waals surface area contributed by atoms with Crippen LogP contribution in [-0.4, -0.2) is 108 Å². The molecule has 4 aliphatic rings. The van der Waals surface area contributed by atoms with Crippen LogP contribution in [0.15, 0.2) is 59.2 Å². The van der Waals surface area contributed by atoms with Crippen molar-refractivity contribution in [2.75, 3.05) is 80.8 Å². The smallest absolute Gasteiger partial charge is 0.234 e. The summed E-state index contributed by atoms with van der Waals surface area (Å²) in [5.74, 6) is -1.76. The fraction of sp³-hybridized carbons (Fsp3) is 0.467. The van der Waals surface area contributed by atoms with Gasteiger partial charge in [0.1, 0.15) is 22.7 Å². The summed E-state index contributed by atoms with van der Waals surface area (Å²) >= 11 is 3.62. The van der Waals surface area contributed by atoms with Crippen molar-refractivity contribution in [2.45, 2.75) is 70.3 Å². The molecule has 12 nitrogen and oxygen atoms in total. The highest BCUT2D eigenvalue weighted by molar-refractivity contribution is 9.10. The molecule has 16 heteroatoms. The molecule has 0 spiro atoms. The quantitative estimate of drug-likeness (QED) is 0.0798. The number of nitrogens with zero attached hydrogens (tertiary/aromatic N) is 5. The van der Waals surface area contributed by atoms with Crippen LogP contribution in [0.25, 0.3) is 0 Å². The number of rotatable bonds is 13. The van der Waals surface area contributed by atoms with Crippen molar-refractivity contribution in [1.82, 2.24) is 25.1 Å². The fourth-order valence-electron chi connectivity index (χ4n) is 9.46. The lowest BCUT2D eigenvalue weighted by molar-refractivity contribution is -0.134. The Kier molecular flexibility index (Phi) is 13.5. The third-order valence-corrected chi connectivity index (χ3v) is 16.8. The second kappa shape index (κ2) is 19.0. The maximum Gasteiger partial charge on any atom is 0.234 e. The van der Waals surface area contributed by atoms with E-state index in [2.05, 4.69) is 70.6 Å². The first kappa shape index (κ1) is 43.4. The van der Waals surface area contributed by atoms with Crippen molar-refractivity contribution >= 4 is 69.4 Å². The molecule has 5 heterocycles. The van der Waals surface area contributed by atoms with Crippen LogP contribution in [0, 0.1) is 11.6 Å². The van der Waals surface area contributed by atoms with Crippen LogP contribution in [0.4, 0.5) is 37.6 Å². The summed E-state index contributed by atoms with van der Waals surface area (Å²) in [6.45, 7) is 8.41. The number of anilines is 5. The number of aromatic nitrogens is 2. The van der Waals surface area contributed by atoms with Gasteiger partial charge in [-0.15, -0.1) is 0 Å². The van der Waals surface area contributed by atoms with Crippen molar-refractivity contribution < 1.29 is 28.0 Å². The van der Waals surface area contributed by atoms with E-state index in [9.17, 15) is 14.5 Å². The van der Waals surface area contributed by atoms with E-state index in [-0.39, 0.29) is 18.4 Å². The largest absolute Gasteiger partial charge is 0.494 e. The molecule has 8 rings (SSSR count). The number of carbonyl (C=O) groups is 2. The van der Waals surface area contributed by atoms with Crippen LogP contribution >= 0.6 is 23.4 Å². The number of benzene rings is 3. The Hall–Kier alpha value is -4.27. The van der Waals surface area contributed by atoms with Gasteiger partial charge in [-0.2, -0.15) is 4.98 Å². The third kappa shape index (κ3) is 9.71. The lowest BCUT2D eigenvalue weighted by Gasteiger charge is -2.43. The molecule has 324 valence electrons. The number of carbonyl (C=O) groups excluding carboxylic acids is 2. The monoisotopic (exact) mass is 919 g/mol. The predicted octanol–water partition coefficient (Wildman–Crippen LogP) is 7.27. The molecule has 0 saturated carbocycles. The predicted molar refractivity (Wildman–Crippen MR) is 241 cm³/mol. The molecule has 4 fully saturated rings. The number of hydrogen-bond acceptors (Lipinski definition) is 11. The highest BCUT2D eigenvalue weighted by Gasteiger charge is 2.44. The number of halogens is 3. The molecule has 4 aromatic rings. The summed E-state index contributed by atoms with van der Waals surface area (Å²) in [5, 5.41) is 10.1. The highest BCUT2D eigenvalue weighted by Crippen LogP contribution is 2.60. The number of hydrogen-bond donors (Lipinski definition) is 4. The van der Waals surface area contributed by atoms with Gasteiger partial charge in [0.25, 0.3) is 0 Å². The molecule has 0 aliphatic carbocycles. The average Bonchev–Trinajstić information content (AvgIpc) is 3.72. The maximum absolute atomic E-state index is 15.1. The Labute approximate surface area is 365 Å². The number of ether oxygens (including phenoxy) is 1. The zero-order valence-electron chi connectivity index (χ0n) is 34.9. The number of piperidine rings is 2. The van der Waals surface area contributed by atoms with Gasteiger partial charge in [-0.05, 0) is 102 Å². The van der Waals surface area contributed by atoms with Crippen LogP contribution in [0.1, 0.15) is 68.1 Å². The Morgan fingerprint density at radius 2 is 1.67 bits per heavy atom. The van der Waals surface area contributed by atoms with Crippen LogP contribution in [0.2, 0.25) is 0 Å². The Balaban J connectivity index is 0.851. The van der Waals surface area contributed by atoms with Crippen molar-refractivity contribution in [2.24, 2.45) is 0 Å². The molecule has 1 unspecified atom stereocenters. The number of aryl methyl sites for hydroxylation is 1. The minimum atomic E-state index is -2.19. The van der Waals surface area contributed by atoms with Gasteiger partial charge >= 0.3 is 0 Å². The number of para-hydroxylation sites is 1. The van der Waals surface area contributed by atoms with E-state index in [1.165, 1.54) is 23.4 Å². The van der Waals surface area contributed by atoms with E-state index in [1.54, 1.807) is 13.3 Å². The summed E-state index contributed by atoms with van der Waals surface area (Å²) in [6.07, 6.45) is 9.16. The minimum Gasteiger partial charge on any atom is -0.494 e. The van der Waals surface area contributed by atoms with Crippen LogP contribution in [0.5, 0.6) is 5.75 Å². The van der Waals surface area contributed by atoms with E-state index in [0.717, 1.165) is 105 Å². The van der Waals surface area contributed by atoms with E-state index >= 15 is 8.78 Å². The van der Waals surface area contributed by atoms with E-state index in [4.69, 9.17) is 9.72 Å². The van der Waals surface area contributed by atoms with E-state index in [0.29, 0.717) is 42.1 Å². The van der Waals surface area contributed by atoms with Crippen molar-refractivity contribution in [3.05, 3.63) is 87.5 Å². The highest BCUT2D eigenvalue weighted by atomic mass is 79.9. The van der Waals surface area contributed by atoms with Gasteiger partial charge < -0.3 is 25.2 Å². The summed E-state index contributed by atoms with van der Waals surface area (Å²) < 4.78 is 36.8. The first-order valence-electron chi connectivity index (χ1n) is 21.5. The molecule has 2 amide bonds. The summed E-state index contributed by atoms with van der Waals surface area (Å²) in [7, 11) is -0.510. The third-order valence-electron chi connectivity index (χ3n) is 12.9. The van der Waals surface area contributed by atoms with Gasteiger partial charge in [0.2, 0.25) is 17.8 Å². The topological polar surface area (TPSA) is 135 Å². The van der Waals surface area contributed by atoms with Crippen molar-refractivity contribution in [3.8, 4) is 5.75 Å². The maximum atomic E-state index is 15.1. The second-order valence-electron chi connectivity index (χ2n) is 16.6. The lowest BCUT2D eigenvalue weighted by Crippen LogP contribution is -2.53. The van der Waals surface area contributed by atoms with Gasteiger partial charge in [-0.25, -0.2) is 18.7 Å². The van der Waals surface area contributed by atoms with Gasteiger partial charge in [-0.1, -0.05) is 19.1 Å². The van der Waals surface area contributed by atoms with E-state index < -0.39 is 36.9 Å². The Morgan fingerprint density at radius 3 is 2.36 bits per heavy atom. The van der Waals surface area contributed by atoms with E-state index in [1.807, 2.05) is 24.3 Å². The molecule has 1 aromatic heterocycles. The van der Waals surface area contributed by atoms with Crippen molar-refractivity contribution in [1.29, 1.82) is 0 Å². The summed E-state index contributed by atoms with van der Waals surface area (Å²) in [4.78, 5) is 52.1. The van der Waals surface area contributed by atoms with Gasteiger partial charge in [-0.3, -0.25) is 19.8 Å². The molecular weight excluding hydrogens is 865 g/mol. The zero-order chi connectivity index (χ0) is 42.7. The SMILES string of the molecule is CCc1cc(Nc2ncc(Br)c(Nc3ccccc3[P+]3(O)CCCC3)n2)c(OC)cc1N1CCC(N2CCN(CCc3cc(F)c(C4CCC(=O)NC4=O)c(F)c3)CC2)CC1. The Bertz CT molecular complexity index is 2230. The van der Waals surface area contributed by atoms with Gasteiger partial charge in [0.15, 0.2) is 13.3 Å². The molecular formula is C45H55BrF2N8O4P+. The minimum absolute atomic E-state index is 0.0691. The normalized spacial score (nSPS) is 20.2. The van der Waals surface area contributed by atoms with Crippen molar-refractivity contribution in [3.63, 3.8) is 0 Å². The molecule has 3 aromatic carbocycles. The second-order valence-corrected chi connectivity index (χ2v) is 20.7. The molecule has 0 bridgehead atoms. The first-order valence-corrected chi connectivity index (χ1v) is 24.4. The fourth-order valence-corrected chi connectivity index (χ4v) is 12.9. The zero-order valence-corrected chi connectivity index (χ0v) is 37.3. The molecule has 4 aliphatic heterocycles. The number of nitrogens with one attached hydrogen (secondary N) is 3. The standard InChI is InChI=1S/C45H54BrF2N8O4P/c1-3-30-26-37(51-45-49-28-33(46)43(53-45)50-36-8-4-5-9-40(36)61(59)22-6-7-23-61)39(60-2)27-38(30)56-16-13-31(14-17-56)55-20-18-54(19-21-55)15-12-29-24-34(47)42(35(48)25-29)32-10-11-41(57)52-44(32)58/h4-5,8-9,24-28,31-32,59H,3,6-7,10-23H2,1-2H3,(H2-,49,50,51,52,53,57,58)/p+1. The molecule has 4 N–H and O–H groups in total. The lowest BCUT2D eigenvalue weighted by atomic mass is 9.89. The van der Waals surface area contributed by atoms with Gasteiger partial charge in [0, 0.05) is 81.8 Å². The van der Waals surface area contributed by atoms with Gasteiger partial charge in [0.05, 0.1) is 41.2 Å². The Morgan fingerprint density at radius 1 is 0.951 bits per heavy atom. The van der Waals surface area contributed by atoms with Crippen LogP contribution in [0.3, 0.4) is 0 Å². The number of methoxy groups -OCH3 is 1. The average molecular weight is 921 g/mol. The summed E-state index contributed by atoms with van der Waals surface area (Å²) in [5.41, 5.74) is 4.36. The molecule has 4 saturated heterocycles. The molecule has 0 radical (unpaired) electrons. The first-order chi connectivity index (χ1) is 29.5. The molecule has 1 atom stereocenters. The molecule has 61 heavy (non-hydrogen) atoms. The van der Waals surface area contributed by atoms with Crippen LogP contribution < -0.4 is 30.9 Å². The number of piperazine rings is 1. The number of imide groups is 1. The summed E-state index contributed by atoms with van der Waals surface area (Å²) in [6, 6.07) is 15.4. The number of amides is 2.